The highest BCUT2D eigenvalue weighted by Crippen LogP contribution is 2.21. The Morgan fingerprint density at radius 3 is 2.49 bits per heavy atom. The number of thioether (sulfide) groups is 1. The molecule has 2 aromatic carbocycles. The fourth-order valence-electron chi connectivity index (χ4n) is 4.58. The molecule has 0 bridgehead atoms. The number of ether oxygens (including phenoxy) is 2. The second-order valence-corrected chi connectivity index (χ2v) is 11.0. The smallest absolute Gasteiger partial charge is 0.328 e. The van der Waals surface area contributed by atoms with Crippen LogP contribution in [0.5, 0.6) is 0 Å². The minimum Gasteiger partial charge on any atom is -0.460 e. The summed E-state index contributed by atoms with van der Waals surface area (Å²) in [5.41, 5.74) is 3.19. The van der Waals surface area contributed by atoms with Crippen molar-refractivity contribution in [3.05, 3.63) is 89.8 Å². The molecule has 1 unspecified atom stereocenters. The zero-order chi connectivity index (χ0) is 29.0. The first-order valence-corrected chi connectivity index (χ1v) is 15.1. The molecule has 1 aromatic heterocycles. The first kappa shape index (κ1) is 30.5. The van der Waals surface area contributed by atoms with Gasteiger partial charge in [0.2, 0.25) is 0 Å². The molecule has 10 heteroatoms. The minimum absolute atomic E-state index is 0.294. The van der Waals surface area contributed by atoms with Gasteiger partial charge in [0.15, 0.2) is 0 Å². The van der Waals surface area contributed by atoms with Crippen LogP contribution >= 0.6 is 11.8 Å². The molecule has 1 fully saturated rings. The molecule has 1 N–H and O–H groups in total. The van der Waals surface area contributed by atoms with E-state index in [-0.39, 0.29) is 17.8 Å². The van der Waals surface area contributed by atoms with Crippen LogP contribution in [0.3, 0.4) is 0 Å². The lowest BCUT2D eigenvalue weighted by atomic mass is 10.0. The zero-order valence-corrected chi connectivity index (χ0v) is 24.3. The number of nitrogens with one attached hydrogen (secondary N) is 1. The number of benzene rings is 2. The Hall–Kier alpha value is -3.47. The maximum absolute atomic E-state index is 13.5. The third kappa shape index (κ3) is 9.55. The minimum atomic E-state index is -0.734. The number of rotatable bonds is 13. The third-order valence-corrected chi connectivity index (χ3v) is 7.42. The summed E-state index contributed by atoms with van der Waals surface area (Å²) in [5, 5.41) is 2.88. The molecule has 218 valence electrons. The molecule has 1 amide bonds. The van der Waals surface area contributed by atoms with Crippen LogP contribution in [0.25, 0.3) is 11.6 Å². The third-order valence-electron chi connectivity index (χ3n) is 6.78. The summed E-state index contributed by atoms with van der Waals surface area (Å²) in [6, 6.07) is 12.8. The summed E-state index contributed by atoms with van der Waals surface area (Å²) in [4.78, 5) is 32.4. The molecule has 0 aliphatic carbocycles. The number of aromatic nitrogens is 2. The normalized spacial score (nSPS) is 15.7. The molecule has 0 radical (unpaired) electrons. The Morgan fingerprint density at radius 1 is 1.12 bits per heavy atom. The van der Waals surface area contributed by atoms with Gasteiger partial charge in [-0.3, -0.25) is 9.69 Å². The Balaban J connectivity index is 1.42. The van der Waals surface area contributed by atoms with Crippen molar-refractivity contribution < 1.29 is 23.5 Å². The fraction of sp³-hybridized carbons (Fsp3) is 0.387. The monoisotopic (exact) mass is 580 g/mol. The summed E-state index contributed by atoms with van der Waals surface area (Å²) in [6.45, 7) is 6.05. The topological polar surface area (TPSA) is 85.7 Å². The van der Waals surface area contributed by atoms with Crippen LogP contribution in [-0.4, -0.2) is 83.3 Å². The number of morpholine rings is 1. The summed E-state index contributed by atoms with van der Waals surface area (Å²) >= 11 is 1.61. The van der Waals surface area contributed by atoms with Crippen molar-refractivity contribution in [3.63, 3.8) is 0 Å². The van der Waals surface area contributed by atoms with Crippen LogP contribution in [0.15, 0.2) is 67.3 Å². The van der Waals surface area contributed by atoms with E-state index >= 15 is 0 Å². The molecule has 3 aromatic rings. The number of hydrogen-bond acceptors (Lipinski definition) is 7. The highest BCUT2D eigenvalue weighted by molar-refractivity contribution is 7.98. The SMILES string of the molecule is CSCC[C@H](NC(=O)c1ccc(/C=C(/Cn2ccnc2)c2ccc(F)cc2)cc1)C(=O)OC(C)CN1CCOCC1. The highest BCUT2D eigenvalue weighted by Gasteiger charge is 2.25. The van der Waals surface area contributed by atoms with Crippen LogP contribution in [-0.2, 0) is 20.8 Å². The van der Waals surface area contributed by atoms with E-state index in [9.17, 15) is 14.0 Å². The van der Waals surface area contributed by atoms with Crippen molar-refractivity contribution in [1.82, 2.24) is 19.8 Å². The van der Waals surface area contributed by atoms with Crippen molar-refractivity contribution in [2.75, 3.05) is 44.9 Å². The second-order valence-electron chi connectivity index (χ2n) is 10.0. The molecule has 2 atom stereocenters. The average molecular weight is 581 g/mol. The van der Waals surface area contributed by atoms with Crippen molar-refractivity contribution in [2.24, 2.45) is 0 Å². The predicted molar refractivity (Wildman–Crippen MR) is 160 cm³/mol. The molecule has 8 nitrogen and oxygen atoms in total. The Morgan fingerprint density at radius 2 is 1.83 bits per heavy atom. The van der Waals surface area contributed by atoms with Crippen molar-refractivity contribution in [1.29, 1.82) is 0 Å². The second kappa shape index (κ2) is 15.5. The van der Waals surface area contributed by atoms with E-state index in [0.717, 1.165) is 29.8 Å². The van der Waals surface area contributed by atoms with Gasteiger partial charge in [-0.25, -0.2) is 14.2 Å². The number of hydrogen-bond donors (Lipinski definition) is 1. The summed E-state index contributed by atoms with van der Waals surface area (Å²) in [5.74, 6) is -0.333. The fourth-order valence-corrected chi connectivity index (χ4v) is 5.06. The quantitative estimate of drug-likeness (QED) is 0.237. The standard InChI is InChI=1S/C31H37FN4O4S/c1-23(20-35-14-16-39-17-15-35)40-31(38)29(11-18-41-2)34-30(37)26-5-3-24(4-6-26)19-27(21-36-13-12-33-22-36)25-7-9-28(32)10-8-25/h3-10,12-13,19,22-23,29H,11,14-18,20-21H2,1-2H3,(H,34,37)/b27-19-/t23?,29-/m0/s1. The molecule has 41 heavy (non-hydrogen) atoms. The van der Waals surface area contributed by atoms with Gasteiger partial charge in [0.25, 0.3) is 5.91 Å². The summed E-state index contributed by atoms with van der Waals surface area (Å²) in [6.07, 6.45) is 9.46. The number of nitrogens with zero attached hydrogens (tertiary/aromatic N) is 3. The van der Waals surface area contributed by atoms with Crippen LogP contribution in [0.2, 0.25) is 0 Å². The number of esters is 1. The van der Waals surface area contributed by atoms with Crippen molar-refractivity contribution in [2.45, 2.75) is 32.0 Å². The Kier molecular flexibility index (Phi) is 11.5. The average Bonchev–Trinajstić information content (AvgIpc) is 3.49. The molecule has 4 rings (SSSR count). The van der Waals surface area contributed by atoms with Crippen LogP contribution in [0.1, 0.15) is 34.8 Å². The maximum Gasteiger partial charge on any atom is 0.328 e. The van der Waals surface area contributed by atoms with Gasteiger partial charge in [-0.05, 0) is 72.4 Å². The van der Waals surface area contributed by atoms with E-state index in [1.165, 1.54) is 12.1 Å². The number of imidazole rings is 1. The molecule has 2 heterocycles. The van der Waals surface area contributed by atoms with E-state index < -0.39 is 12.0 Å². The number of allylic oxidation sites excluding steroid dienone is 1. The van der Waals surface area contributed by atoms with Crippen LogP contribution in [0.4, 0.5) is 4.39 Å². The van der Waals surface area contributed by atoms with Gasteiger partial charge in [0.1, 0.15) is 18.0 Å². The molecule has 1 aliphatic heterocycles. The molecule has 1 saturated heterocycles. The summed E-state index contributed by atoms with van der Waals surface area (Å²) < 4.78 is 26.6. The van der Waals surface area contributed by atoms with Gasteiger partial charge in [-0.1, -0.05) is 24.3 Å². The lowest BCUT2D eigenvalue weighted by molar-refractivity contribution is -0.151. The molecule has 0 saturated carbocycles. The molecular weight excluding hydrogens is 543 g/mol. The largest absolute Gasteiger partial charge is 0.460 e. The highest BCUT2D eigenvalue weighted by atomic mass is 32.2. The predicted octanol–water partition coefficient (Wildman–Crippen LogP) is 4.38. The Bertz CT molecular complexity index is 1280. The molecule has 1 aliphatic rings. The lowest BCUT2D eigenvalue weighted by Crippen LogP contribution is -2.45. The number of halogens is 1. The molecular formula is C31H37FN4O4S. The lowest BCUT2D eigenvalue weighted by Gasteiger charge is -2.29. The van der Waals surface area contributed by atoms with Gasteiger partial charge >= 0.3 is 5.97 Å². The van der Waals surface area contributed by atoms with E-state index in [2.05, 4.69) is 15.2 Å². The first-order chi connectivity index (χ1) is 19.9. The van der Waals surface area contributed by atoms with Crippen molar-refractivity contribution in [3.8, 4) is 0 Å². The van der Waals surface area contributed by atoms with E-state index in [1.54, 1.807) is 48.6 Å². The maximum atomic E-state index is 13.5. The van der Waals surface area contributed by atoms with Crippen LogP contribution < -0.4 is 5.32 Å². The van der Waals surface area contributed by atoms with Crippen molar-refractivity contribution >= 4 is 35.3 Å². The van der Waals surface area contributed by atoms with Gasteiger partial charge in [-0.15, -0.1) is 0 Å². The Labute approximate surface area is 244 Å². The van der Waals surface area contributed by atoms with Gasteiger partial charge in [0.05, 0.1) is 19.5 Å². The van der Waals surface area contributed by atoms with Gasteiger partial charge in [0, 0.05) is 44.1 Å². The van der Waals surface area contributed by atoms with Gasteiger partial charge in [-0.2, -0.15) is 11.8 Å². The number of amides is 1. The van der Waals surface area contributed by atoms with E-state index in [4.69, 9.17) is 9.47 Å². The molecule has 0 spiro atoms. The van der Waals surface area contributed by atoms with E-state index in [1.807, 2.05) is 42.2 Å². The van der Waals surface area contributed by atoms with Gasteiger partial charge < -0.3 is 19.4 Å². The number of carbonyl (C=O) groups excluding carboxylic acids is 2. The number of carbonyl (C=O) groups is 2. The zero-order valence-electron chi connectivity index (χ0n) is 23.5. The van der Waals surface area contributed by atoms with Crippen LogP contribution in [0, 0.1) is 5.82 Å². The summed E-state index contributed by atoms with van der Waals surface area (Å²) in [7, 11) is 0. The van der Waals surface area contributed by atoms with E-state index in [0.29, 0.717) is 44.0 Å². The first-order valence-electron chi connectivity index (χ1n) is 13.7.